The molecule has 0 saturated carbocycles. The predicted octanol–water partition coefficient (Wildman–Crippen LogP) is 1.93. The number of rotatable bonds is 6. The highest BCUT2D eigenvalue weighted by Gasteiger charge is 2.54. The molecule has 5 rings (SSSR count). The molecule has 4 heterocycles. The summed E-state index contributed by atoms with van der Waals surface area (Å²) in [4.78, 5) is 32.6. The summed E-state index contributed by atoms with van der Waals surface area (Å²) in [6.45, 7) is 1.05. The second kappa shape index (κ2) is 11.7. The number of nitrogens with two attached hydrogens (primary N) is 1. The Kier molecular flexibility index (Phi) is 8.04. The van der Waals surface area contributed by atoms with E-state index >= 15 is 0 Å². The van der Waals surface area contributed by atoms with E-state index in [9.17, 15) is 22.8 Å². The molecule has 0 aliphatic carbocycles. The van der Waals surface area contributed by atoms with Gasteiger partial charge >= 0.3 is 24.1 Å². The van der Waals surface area contributed by atoms with Gasteiger partial charge in [0, 0.05) is 32.7 Å². The Morgan fingerprint density at radius 1 is 1.10 bits per heavy atom. The van der Waals surface area contributed by atoms with Gasteiger partial charge in [-0.15, -0.1) is 9.78 Å². The molecule has 15 heteroatoms. The van der Waals surface area contributed by atoms with Crippen LogP contribution in [0.3, 0.4) is 0 Å². The molecule has 2 aromatic heterocycles. The van der Waals surface area contributed by atoms with Crippen LogP contribution in [0.15, 0.2) is 47.1 Å². The summed E-state index contributed by atoms with van der Waals surface area (Å²) in [5, 5.41) is 6.90. The second-order valence-corrected chi connectivity index (χ2v) is 9.25. The van der Waals surface area contributed by atoms with Gasteiger partial charge in [-0.25, -0.2) is 4.79 Å². The summed E-state index contributed by atoms with van der Waals surface area (Å²) in [6, 6.07) is 5.12. The number of carbonyl (C=O) groups excluding carboxylic acids is 2. The fraction of sp³-hybridized carbons (Fsp3) is 0.440. The summed E-state index contributed by atoms with van der Waals surface area (Å²) in [5.74, 6) is -1.24. The summed E-state index contributed by atoms with van der Waals surface area (Å²) < 4.78 is 60.5. The van der Waals surface area contributed by atoms with Crippen molar-refractivity contribution in [1.29, 1.82) is 0 Å². The van der Waals surface area contributed by atoms with Crippen LogP contribution < -0.4 is 15.8 Å². The van der Waals surface area contributed by atoms with Crippen LogP contribution >= 0.6 is 0 Å². The van der Waals surface area contributed by atoms with Gasteiger partial charge in [0.25, 0.3) is 0 Å². The lowest BCUT2D eigenvalue weighted by atomic mass is 10.0. The van der Waals surface area contributed by atoms with Gasteiger partial charge in [-0.1, -0.05) is 24.3 Å². The number of furan rings is 1. The van der Waals surface area contributed by atoms with Gasteiger partial charge in [-0.05, 0) is 23.3 Å². The van der Waals surface area contributed by atoms with E-state index in [0.29, 0.717) is 12.1 Å². The number of morpholine rings is 1. The minimum absolute atomic E-state index is 0.0448. The number of nitrogens with zero attached hydrogens (tertiary/aromatic N) is 5. The van der Waals surface area contributed by atoms with Gasteiger partial charge in [0.15, 0.2) is 17.6 Å². The van der Waals surface area contributed by atoms with Gasteiger partial charge in [-0.2, -0.15) is 18.2 Å². The molecular weight excluding hydrogens is 535 g/mol. The van der Waals surface area contributed by atoms with Gasteiger partial charge in [0.2, 0.25) is 0 Å². The molecule has 214 valence electrons. The first kappa shape index (κ1) is 27.6. The lowest BCUT2D eigenvalue weighted by Gasteiger charge is -2.43. The van der Waals surface area contributed by atoms with E-state index in [1.807, 2.05) is 12.1 Å². The van der Waals surface area contributed by atoms with Crippen LogP contribution in [-0.2, 0) is 17.9 Å². The Bertz CT molecular complexity index is 1310. The van der Waals surface area contributed by atoms with Crippen LogP contribution in [0, 0.1) is 0 Å². The van der Waals surface area contributed by atoms with Crippen molar-refractivity contribution in [2.45, 2.75) is 31.4 Å². The fourth-order valence-corrected chi connectivity index (χ4v) is 4.61. The number of carbonyl (C=O) groups is 2. The Balaban J connectivity index is 1.46. The lowest BCUT2D eigenvalue weighted by Crippen LogP contribution is -2.64. The van der Waals surface area contributed by atoms with Crippen LogP contribution in [0.4, 0.5) is 18.0 Å². The summed E-state index contributed by atoms with van der Waals surface area (Å²) in [5.41, 5.74) is 7.25. The maximum atomic E-state index is 14.5. The first-order valence-corrected chi connectivity index (χ1v) is 12.7. The van der Waals surface area contributed by atoms with Crippen LogP contribution in [0.25, 0.3) is 0 Å². The van der Waals surface area contributed by atoms with Crippen LogP contribution in [0.1, 0.15) is 33.5 Å². The zero-order chi connectivity index (χ0) is 28.3. The highest BCUT2D eigenvalue weighted by molar-refractivity contribution is 5.93. The van der Waals surface area contributed by atoms with Gasteiger partial charge in [0.1, 0.15) is 6.61 Å². The van der Waals surface area contributed by atoms with Crippen LogP contribution in [-0.4, -0.2) is 88.1 Å². The van der Waals surface area contributed by atoms with E-state index in [-0.39, 0.29) is 63.6 Å². The van der Waals surface area contributed by atoms with E-state index in [1.165, 1.54) is 23.3 Å². The average molecular weight is 564 g/mol. The molecule has 12 nitrogen and oxygen atoms in total. The molecule has 2 aliphatic rings. The second-order valence-electron chi connectivity index (χ2n) is 9.25. The van der Waals surface area contributed by atoms with Gasteiger partial charge in [-0.3, -0.25) is 4.79 Å². The van der Waals surface area contributed by atoms with Crippen molar-refractivity contribution in [3.8, 4) is 6.01 Å². The first-order chi connectivity index (χ1) is 19.3. The molecule has 2 fully saturated rings. The third-order valence-corrected chi connectivity index (χ3v) is 6.65. The average Bonchev–Trinajstić information content (AvgIpc) is 3.66. The molecule has 0 bridgehead atoms. The molecule has 1 aromatic carbocycles. The van der Waals surface area contributed by atoms with Crippen molar-refractivity contribution in [3.63, 3.8) is 0 Å². The van der Waals surface area contributed by atoms with Crippen LogP contribution in [0.5, 0.6) is 6.01 Å². The van der Waals surface area contributed by atoms with E-state index in [4.69, 9.17) is 19.6 Å². The van der Waals surface area contributed by atoms with E-state index < -0.39 is 30.2 Å². The Morgan fingerprint density at radius 2 is 1.82 bits per heavy atom. The number of benzene rings is 1. The molecule has 3 N–H and O–H groups in total. The number of hydrogen-bond acceptors (Lipinski definition) is 9. The number of alkyl halides is 3. The molecule has 2 unspecified atom stereocenters. The summed E-state index contributed by atoms with van der Waals surface area (Å²) in [7, 11) is 0. The van der Waals surface area contributed by atoms with E-state index in [0.717, 1.165) is 15.1 Å². The van der Waals surface area contributed by atoms with E-state index in [1.54, 1.807) is 12.1 Å². The normalized spacial score (nSPS) is 20.0. The highest BCUT2D eigenvalue weighted by atomic mass is 19.4. The van der Waals surface area contributed by atoms with Gasteiger partial charge in [0.05, 0.1) is 25.5 Å². The maximum Gasteiger partial charge on any atom is 0.410 e. The monoisotopic (exact) mass is 563 g/mol. The molecule has 40 heavy (non-hydrogen) atoms. The van der Waals surface area contributed by atoms with Crippen molar-refractivity contribution < 1.29 is 36.7 Å². The number of halogens is 3. The Morgan fingerprint density at radius 3 is 2.48 bits per heavy atom. The Hall–Kier alpha value is -3.95. The third kappa shape index (κ3) is 5.80. The van der Waals surface area contributed by atoms with Gasteiger partial charge < -0.3 is 34.7 Å². The number of nitrogens with one attached hydrogen (secondary N) is 1. The molecule has 0 spiro atoms. The fourth-order valence-electron chi connectivity index (χ4n) is 4.61. The summed E-state index contributed by atoms with van der Waals surface area (Å²) in [6.07, 6.45) is -3.55. The number of ether oxygens (including phenoxy) is 2. The number of amides is 2. The SMILES string of the molecule is NCc1ccc(COc2nc(C3NCCN(C(=O)N4CCOCC4)C3C(F)(F)F)nn2C(=O)c2ccco2)cc1. The van der Waals surface area contributed by atoms with Crippen molar-refractivity contribution in [1.82, 2.24) is 29.9 Å². The minimum atomic E-state index is -4.83. The molecule has 2 aliphatic heterocycles. The molecule has 2 amide bonds. The zero-order valence-corrected chi connectivity index (χ0v) is 21.3. The van der Waals surface area contributed by atoms with Crippen molar-refractivity contribution in [2.75, 3.05) is 39.4 Å². The summed E-state index contributed by atoms with van der Waals surface area (Å²) >= 11 is 0. The van der Waals surface area contributed by atoms with Crippen molar-refractivity contribution >= 4 is 11.9 Å². The molecule has 2 atom stereocenters. The Labute approximate surface area is 226 Å². The van der Waals surface area contributed by atoms with Crippen molar-refractivity contribution in [2.24, 2.45) is 5.73 Å². The minimum Gasteiger partial charge on any atom is -0.459 e. The zero-order valence-electron chi connectivity index (χ0n) is 21.3. The maximum absolute atomic E-state index is 14.5. The largest absolute Gasteiger partial charge is 0.459 e. The predicted molar refractivity (Wildman–Crippen MR) is 132 cm³/mol. The number of piperazine rings is 1. The van der Waals surface area contributed by atoms with E-state index in [2.05, 4.69) is 15.4 Å². The lowest BCUT2D eigenvalue weighted by molar-refractivity contribution is -0.191. The highest BCUT2D eigenvalue weighted by Crippen LogP contribution is 2.36. The molecule has 3 aromatic rings. The standard InChI is InChI=1S/C25H28F3N7O5/c26-25(27,28)20-19(30-7-8-34(20)24(37)33-9-12-38-13-10-33)21-31-23(35(32-21)22(36)18-2-1-11-39-18)40-15-17-5-3-16(14-29)4-6-17/h1-6,11,19-20,30H,7-10,12-15,29H2. The topological polar surface area (TPSA) is 141 Å². The number of urea groups is 1. The number of aromatic nitrogens is 3. The molecule has 2 saturated heterocycles. The van der Waals surface area contributed by atoms with Crippen LogP contribution in [0.2, 0.25) is 0 Å². The third-order valence-electron chi connectivity index (χ3n) is 6.65. The number of hydrogen-bond donors (Lipinski definition) is 2. The molecular formula is C25H28F3N7O5. The quantitative estimate of drug-likeness (QED) is 0.460. The van der Waals surface area contributed by atoms with Crippen molar-refractivity contribution in [3.05, 3.63) is 65.4 Å². The molecule has 0 radical (unpaired) electrons. The first-order valence-electron chi connectivity index (χ1n) is 12.7. The smallest absolute Gasteiger partial charge is 0.410 e.